The summed E-state index contributed by atoms with van der Waals surface area (Å²) < 4.78 is 4.64. The van der Waals surface area contributed by atoms with E-state index in [1.807, 2.05) is 60.0 Å². The molecule has 2 aromatic carbocycles. The van der Waals surface area contributed by atoms with Crippen molar-refractivity contribution in [1.82, 2.24) is 24.1 Å². The minimum absolute atomic E-state index is 0.0696. The molecule has 5 rings (SSSR count). The lowest BCUT2D eigenvalue weighted by atomic mass is 10.3. The van der Waals surface area contributed by atoms with Gasteiger partial charge >= 0.3 is 0 Å². The first-order chi connectivity index (χ1) is 14.1. The van der Waals surface area contributed by atoms with Gasteiger partial charge in [-0.1, -0.05) is 35.0 Å². The zero-order valence-corrected chi connectivity index (χ0v) is 17.6. The third kappa shape index (κ3) is 2.76. The Bertz CT molecular complexity index is 1450. The first kappa shape index (κ1) is 18.0. The lowest BCUT2D eigenvalue weighted by Crippen LogP contribution is -2.24. The molecule has 3 heterocycles. The van der Waals surface area contributed by atoms with E-state index in [9.17, 15) is 4.79 Å². The number of hydrogen-bond donors (Lipinski definition) is 0. The van der Waals surface area contributed by atoms with E-state index in [-0.39, 0.29) is 5.56 Å². The molecule has 0 bridgehead atoms. The molecule has 0 N–H and O–H groups in total. The lowest BCUT2D eigenvalue weighted by molar-refractivity contribution is 0.624. The summed E-state index contributed by atoms with van der Waals surface area (Å²) in [5.74, 6) is 0.690. The molecule has 5 aromatic rings. The quantitative estimate of drug-likeness (QED) is 0.399. The molecule has 6 nitrogen and oxygen atoms in total. The van der Waals surface area contributed by atoms with E-state index in [1.165, 1.54) is 0 Å². The van der Waals surface area contributed by atoms with E-state index in [0.717, 1.165) is 27.6 Å². The van der Waals surface area contributed by atoms with Gasteiger partial charge in [0, 0.05) is 16.7 Å². The predicted octanol–water partition coefficient (Wildman–Crippen LogP) is 4.76. The third-order valence-corrected chi connectivity index (χ3v) is 5.61. The molecule has 0 radical (unpaired) electrons. The highest BCUT2D eigenvalue weighted by atomic mass is 79.9. The van der Waals surface area contributed by atoms with E-state index in [0.29, 0.717) is 34.6 Å². The molecule has 0 aliphatic rings. The molecule has 0 unspecified atom stereocenters. The van der Waals surface area contributed by atoms with Crippen LogP contribution in [0.1, 0.15) is 19.2 Å². The van der Waals surface area contributed by atoms with Gasteiger partial charge in [-0.25, -0.2) is 15.0 Å². The minimum atomic E-state index is -0.0696. The SMILES string of the molecule is CCCn1c(C)nc2c(c1=O)c1nc3ccccc3nc1n2-c1ccc(Br)cc1. The number of hydrogen-bond acceptors (Lipinski definition) is 4. The van der Waals surface area contributed by atoms with Crippen molar-refractivity contribution in [1.29, 1.82) is 0 Å². The topological polar surface area (TPSA) is 65.6 Å². The summed E-state index contributed by atoms with van der Waals surface area (Å²) in [4.78, 5) is 27.9. The Hall–Kier alpha value is -3.06. The van der Waals surface area contributed by atoms with Gasteiger partial charge in [0.2, 0.25) is 0 Å². The average Bonchev–Trinajstić information content (AvgIpc) is 3.03. The van der Waals surface area contributed by atoms with Gasteiger partial charge in [-0.05, 0) is 49.7 Å². The fraction of sp³-hybridized carbons (Fsp3) is 0.182. The molecule has 0 saturated heterocycles. The second kappa shape index (κ2) is 6.77. The van der Waals surface area contributed by atoms with Crippen LogP contribution < -0.4 is 5.56 Å². The Kier molecular flexibility index (Phi) is 4.20. The molecule has 0 aliphatic carbocycles. The smallest absolute Gasteiger partial charge is 0.265 e. The third-order valence-electron chi connectivity index (χ3n) is 5.09. The van der Waals surface area contributed by atoms with Gasteiger partial charge in [-0.3, -0.25) is 13.9 Å². The number of aromatic nitrogens is 5. The zero-order valence-electron chi connectivity index (χ0n) is 16.1. The highest BCUT2D eigenvalue weighted by Gasteiger charge is 2.21. The van der Waals surface area contributed by atoms with E-state index in [1.54, 1.807) is 4.57 Å². The molecule has 0 fully saturated rings. The summed E-state index contributed by atoms with van der Waals surface area (Å²) in [6, 6.07) is 15.6. The molecule has 3 aromatic heterocycles. The Labute approximate surface area is 175 Å². The van der Waals surface area contributed by atoms with Crippen LogP contribution in [0.15, 0.2) is 57.8 Å². The molecule has 7 heteroatoms. The van der Waals surface area contributed by atoms with E-state index >= 15 is 0 Å². The molecular weight excluding hydrogens is 430 g/mol. The molecule has 0 amide bonds. The molecular formula is C22H18BrN5O. The van der Waals surface area contributed by atoms with Crippen LogP contribution in [0, 0.1) is 6.92 Å². The van der Waals surface area contributed by atoms with Crippen LogP contribution in [-0.2, 0) is 6.54 Å². The monoisotopic (exact) mass is 447 g/mol. The average molecular weight is 448 g/mol. The Balaban J connectivity index is 2.01. The summed E-state index contributed by atoms with van der Waals surface area (Å²) in [6.45, 7) is 4.55. The molecule has 0 atom stereocenters. The second-order valence-corrected chi connectivity index (χ2v) is 7.93. The van der Waals surface area contributed by atoms with Crippen LogP contribution in [-0.4, -0.2) is 24.1 Å². The fourth-order valence-electron chi connectivity index (χ4n) is 3.75. The van der Waals surface area contributed by atoms with E-state index < -0.39 is 0 Å². The van der Waals surface area contributed by atoms with Crippen molar-refractivity contribution in [3.63, 3.8) is 0 Å². The van der Waals surface area contributed by atoms with Gasteiger partial charge in [-0.2, -0.15) is 0 Å². The first-order valence-electron chi connectivity index (χ1n) is 9.52. The summed E-state index contributed by atoms with van der Waals surface area (Å²) in [5, 5.41) is 0.514. The second-order valence-electron chi connectivity index (χ2n) is 7.01. The van der Waals surface area contributed by atoms with Gasteiger partial charge in [0.15, 0.2) is 11.3 Å². The van der Waals surface area contributed by atoms with Crippen molar-refractivity contribution in [3.8, 4) is 5.69 Å². The number of halogens is 1. The molecule has 0 saturated carbocycles. The summed E-state index contributed by atoms with van der Waals surface area (Å²) in [5.41, 5.74) is 4.18. The van der Waals surface area contributed by atoms with Crippen LogP contribution in [0.5, 0.6) is 0 Å². The van der Waals surface area contributed by atoms with Crippen LogP contribution >= 0.6 is 15.9 Å². The normalized spacial score (nSPS) is 11.7. The zero-order chi connectivity index (χ0) is 20.1. The highest BCUT2D eigenvalue weighted by Crippen LogP contribution is 2.29. The van der Waals surface area contributed by atoms with Crippen molar-refractivity contribution >= 4 is 49.2 Å². The number of rotatable bonds is 3. The van der Waals surface area contributed by atoms with Crippen LogP contribution in [0.3, 0.4) is 0 Å². The lowest BCUT2D eigenvalue weighted by Gasteiger charge is -2.10. The van der Waals surface area contributed by atoms with Crippen LogP contribution in [0.2, 0.25) is 0 Å². The Morgan fingerprint density at radius 2 is 1.62 bits per heavy atom. The van der Waals surface area contributed by atoms with Crippen molar-refractivity contribution in [3.05, 3.63) is 69.2 Å². The van der Waals surface area contributed by atoms with Crippen LogP contribution in [0.25, 0.3) is 38.9 Å². The maximum atomic E-state index is 13.4. The molecule has 0 spiro atoms. The summed E-state index contributed by atoms with van der Waals surface area (Å²) in [6.07, 6.45) is 0.855. The first-order valence-corrected chi connectivity index (χ1v) is 10.3. The Morgan fingerprint density at radius 1 is 0.931 bits per heavy atom. The minimum Gasteiger partial charge on any atom is -0.296 e. The molecule has 144 valence electrons. The maximum absolute atomic E-state index is 13.4. The number of fused-ring (bicyclic) bond motifs is 4. The number of aryl methyl sites for hydroxylation is 1. The fourth-order valence-corrected chi connectivity index (χ4v) is 4.02. The van der Waals surface area contributed by atoms with Crippen molar-refractivity contribution in [2.24, 2.45) is 0 Å². The van der Waals surface area contributed by atoms with Crippen molar-refractivity contribution < 1.29 is 0 Å². The number of benzene rings is 2. The van der Waals surface area contributed by atoms with Gasteiger partial charge in [-0.15, -0.1) is 0 Å². The Morgan fingerprint density at radius 3 is 2.31 bits per heavy atom. The van der Waals surface area contributed by atoms with Crippen LogP contribution in [0.4, 0.5) is 0 Å². The van der Waals surface area contributed by atoms with E-state index in [4.69, 9.17) is 15.0 Å². The predicted molar refractivity (Wildman–Crippen MR) is 119 cm³/mol. The van der Waals surface area contributed by atoms with E-state index in [2.05, 4.69) is 22.9 Å². The van der Waals surface area contributed by atoms with Crippen molar-refractivity contribution in [2.75, 3.05) is 0 Å². The molecule has 29 heavy (non-hydrogen) atoms. The number of nitrogens with zero attached hydrogens (tertiary/aromatic N) is 5. The van der Waals surface area contributed by atoms with Gasteiger partial charge in [0.1, 0.15) is 16.7 Å². The standard InChI is InChI=1S/C22H18BrN5O/c1-3-12-27-13(2)24-20-18(22(27)29)19-21(26-17-7-5-4-6-16(17)25-19)28(20)15-10-8-14(23)9-11-15/h4-11H,3,12H2,1-2H3. The largest absolute Gasteiger partial charge is 0.296 e. The number of para-hydroxylation sites is 2. The van der Waals surface area contributed by atoms with Gasteiger partial charge in [0.05, 0.1) is 11.0 Å². The van der Waals surface area contributed by atoms with Gasteiger partial charge in [0.25, 0.3) is 5.56 Å². The van der Waals surface area contributed by atoms with Gasteiger partial charge < -0.3 is 0 Å². The maximum Gasteiger partial charge on any atom is 0.265 e. The van der Waals surface area contributed by atoms with Crippen molar-refractivity contribution in [2.45, 2.75) is 26.8 Å². The summed E-state index contributed by atoms with van der Waals surface area (Å²) in [7, 11) is 0. The molecule has 0 aliphatic heterocycles. The highest BCUT2D eigenvalue weighted by molar-refractivity contribution is 9.10. The summed E-state index contributed by atoms with van der Waals surface area (Å²) >= 11 is 3.48.